The lowest BCUT2D eigenvalue weighted by molar-refractivity contribution is -0.124. The maximum atomic E-state index is 13.3. The maximum absolute atomic E-state index is 13.3. The van der Waals surface area contributed by atoms with Gasteiger partial charge in [0.1, 0.15) is 10.4 Å². The van der Waals surface area contributed by atoms with Crippen LogP contribution in [0.5, 0.6) is 0 Å². The summed E-state index contributed by atoms with van der Waals surface area (Å²) in [5, 5.41) is 7.25. The summed E-state index contributed by atoms with van der Waals surface area (Å²) in [5.74, 6) is 0.172. The summed E-state index contributed by atoms with van der Waals surface area (Å²) in [6.07, 6.45) is 2.02. The van der Waals surface area contributed by atoms with Gasteiger partial charge in [-0.15, -0.1) is 10.2 Å². The largest absolute Gasteiger partial charge is 0.380 e. The van der Waals surface area contributed by atoms with Gasteiger partial charge in [0, 0.05) is 30.2 Å². The van der Waals surface area contributed by atoms with Crippen molar-refractivity contribution < 1.29 is 21.9 Å². The molecule has 9 nitrogen and oxygen atoms in total. The Balaban J connectivity index is 1.48. The van der Waals surface area contributed by atoms with Crippen molar-refractivity contribution in [1.29, 1.82) is 0 Å². The first-order valence-electron chi connectivity index (χ1n) is 11.3. The van der Waals surface area contributed by atoms with Crippen LogP contribution in [0.1, 0.15) is 44.0 Å². The Labute approximate surface area is 209 Å². The summed E-state index contributed by atoms with van der Waals surface area (Å²) in [6, 6.07) is 1.63. The SMILES string of the molecule is CC1(NS(=O)(=O)c2cc(N3CCC4(CC3)COC4)c3c(Cl)nc(-c4nnc(C(F)F)s4)n3c2)CC1. The number of nitrogens with one attached hydrogen (secondary N) is 1. The van der Waals surface area contributed by atoms with Crippen molar-refractivity contribution in [3.63, 3.8) is 0 Å². The number of imidazole rings is 1. The fraction of sp³-hybridized carbons (Fsp3) is 0.571. The molecule has 1 N–H and O–H groups in total. The number of hydrogen-bond donors (Lipinski definition) is 1. The van der Waals surface area contributed by atoms with Gasteiger partial charge in [-0.25, -0.2) is 26.9 Å². The molecule has 3 aromatic heterocycles. The highest BCUT2D eigenvalue weighted by atomic mass is 35.5. The summed E-state index contributed by atoms with van der Waals surface area (Å²) in [5.41, 5.74) is 0.863. The van der Waals surface area contributed by atoms with E-state index in [0.29, 0.717) is 35.6 Å². The third-order valence-corrected chi connectivity index (χ3v) is 9.93. The number of halogens is 3. The first kappa shape index (κ1) is 23.5. The Kier molecular flexibility index (Phi) is 5.39. The topological polar surface area (TPSA) is 102 Å². The van der Waals surface area contributed by atoms with Gasteiger partial charge in [-0.3, -0.25) is 4.40 Å². The van der Waals surface area contributed by atoms with E-state index in [-0.39, 0.29) is 26.3 Å². The lowest BCUT2D eigenvalue weighted by atomic mass is 9.77. The molecule has 14 heteroatoms. The van der Waals surface area contributed by atoms with Crippen molar-refractivity contribution in [3.05, 3.63) is 22.4 Å². The number of aromatic nitrogens is 4. The number of nitrogens with zero attached hydrogens (tertiary/aromatic N) is 5. The van der Waals surface area contributed by atoms with Crippen LogP contribution in [-0.4, -0.2) is 59.8 Å². The molecule has 2 aliphatic heterocycles. The minimum atomic E-state index is -3.86. The molecule has 5 heterocycles. The molecule has 1 saturated carbocycles. The first-order chi connectivity index (χ1) is 16.6. The number of pyridine rings is 1. The van der Waals surface area contributed by atoms with Crippen molar-refractivity contribution in [3.8, 4) is 10.8 Å². The predicted octanol–water partition coefficient (Wildman–Crippen LogP) is 3.89. The van der Waals surface area contributed by atoms with Crippen LogP contribution in [0.25, 0.3) is 16.3 Å². The van der Waals surface area contributed by atoms with Gasteiger partial charge in [0.15, 0.2) is 21.0 Å². The van der Waals surface area contributed by atoms with Crippen molar-refractivity contribution in [2.24, 2.45) is 5.41 Å². The average Bonchev–Trinajstić information content (AvgIpc) is 3.19. The van der Waals surface area contributed by atoms with Crippen LogP contribution in [0, 0.1) is 5.41 Å². The van der Waals surface area contributed by atoms with Gasteiger partial charge < -0.3 is 9.64 Å². The number of piperidine rings is 1. The Morgan fingerprint density at radius 1 is 1.20 bits per heavy atom. The standard InChI is InChI=1S/C21H23ClF2N6O3S2/c1-20(2-3-20)28-35(31,32)12-8-13(29-6-4-21(5-7-29)10-33-11-21)14-15(22)25-17(30(14)9-12)19-27-26-18(34-19)16(23)24/h8-9,16,28H,2-7,10-11H2,1H3. The summed E-state index contributed by atoms with van der Waals surface area (Å²) < 4.78 is 62.7. The number of alkyl halides is 2. The molecule has 0 unspecified atom stereocenters. The molecule has 35 heavy (non-hydrogen) atoms. The molecule has 0 bridgehead atoms. The summed E-state index contributed by atoms with van der Waals surface area (Å²) >= 11 is 7.26. The van der Waals surface area contributed by atoms with Crippen LogP contribution in [0.2, 0.25) is 5.15 Å². The number of sulfonamides is 1. The number of hydrogen-bond acceptors (Lipinski definition) is 8. The summed E-state index contributed by atoms with van der Waals surface area (Å²) in [6.45, 7) is 4.77. The zero-order valence-electron chi connectivity index (χ0n) is 18.8. The maximum Gasteiger partial charge on any atom is 0.291 e. The van der Waals surface area contributed by atoms with E-state index in [2.05, 4.69) is 24.8 Å². The predicted molar refractivity (Wildman–Crippen MR) is 127 cm³/mol. The Hall–Kier alpha value is -1.93. The lowest BCUT2D eigenvalue weighted by Gasteiger charge is -2.48. The Bertz CT molecular complexity index is 1410. The zero-order chi connectivity index (χ0) is 24.6. The van der Waals surface area contributed by atoms with Gasteiger partial charge in [0.2, 0.25) is 10.0 Å². The van der Waals surface area contributed by atoms with Gasteiger partial charge in [0.25, 0.3) is 6.43 Å². The third-order valence-electron chi connectivity index (χ3n) is 7.14. The Morgan fingerprint density at radius 2 is 1.91 bits per heavy atom. The molecule has 1 spiro atoms. The number of ether oxygens (including phenoxy) is 1. The van der Waals surface area contributed by atoms with E-state index in [1.165, 1.54) is 10.6 Å². The van der Waals surface area contributed by atoms with Crippen LogP contribution in [-0.2, 0) is 14.8 Å². The smallest absolute Gasteiger partial charge is 0.291 e. The van der Waals surface area contributed by atoms with E-state index in [9.17, 15) is 17.2 Å². The lowest BCUT2D eigenvalue weighted by Crippen LogP contribution is -2.51. The molecule has 0 atom stereocenters. The molecule has 0 amide bonds. The average molecular weight is 545 g/mol. The quantitative estimate of drug-likeness (QED) is 0.502. The van der Waals surface area contributed by atoms with E-state index in [1.54, 1.807) is 6.07 Å². The Morgan fingerprint density at radius 3 is 2.49 bits per heavy atom. The summed E-state index contributed by atoms with van der Waals surface area (Å²) in [4.78, 5) is 6.54. The molecule has 2 saturated heterocycles. The van der Waals surface area contributed by atoms with E-state index in [0.717, 1.165) is 38.9 Å². The molecule has 3 fully saturated rings. The third kappa shape index (κ3) is 4.10. The molecule has 6 rings (SSSR count). The van der Waals surface area contributed by atoms with Crippen molar-refractivity contribution in [2.45, 2.75) is 49.5 Å². The molecule has 3 aromatic rings. The summed E-state index contributed by atoms with van der Waals surface area (Å²) in [7, 11) is -3.86. The molecule has 3 aliphatic rings. The zero-order valence-corrected chi connectivity index (χ0v) is 21.2. The van der Waals surface area contributed by atoms with Gasteiger partial charge >= 0.3 is 0 Å². The van der Waals surface area contributed by atoms with Gasteiger partial charge in [-0.05, 0) is 38.7 Å². The molecule has 0 aromatic carbocycles. The van der Waals surface area contributed by atoms with Crippen LogP contribution >= 0.6 is 22.9 Å². The van der Waals surface area contributed by atoms with Crippen LogP contribution < -0.4 is 9.62 Å². The van der Waals surface area contributed by atoms with Gasteiger partial charge in [0.05, 0.1) is 18.9 Å². The fourth-order valence-electron chi connectivity index (χ4n) is 4.65. The van der Waals surface area contributed by atoms with Gasteiger partial charge in [-0.2, -0.15) is 0 Å². The molecule has 188 valence electrons. The first-order valence-corrected chi connectivity index (χ1v) is 14.0. The molecular formula is C21H23ClF2N6O3S2. The van der Waals surface area contributed by atoms with Crippen LogP contribution in [0.4, 0.5) is 14.5 Å². The number of anilines is 1. The number of rotatable bonds is 6. The second-order valence-electron chi connectivity index (χ2n) is 9.90. The monoisotopic (exact) mass is 544 g/mol. The van der Waals surface area contributed by atoms with E-state index < -0.39 is 27.0 Å². The highest BCUT2D eigenvalue weighted by Gasteiger charge is 2.43. The second-order valence-corrected chi connectivity index (χ2v) is 12.9. The van der Waals surface area contributed by atoms with Crippen LogP contribution in [0.15, 0.2) is 17.2 Å². The molecule has 0 radical (unpaired) electrons. The highest BCUT2D eigenvalue weighted by Crippen LogP contribution is 2.43. The molecule has 1 aliphatic carbocycles. The van der Waals surface area contributed by atoms with Crippen LogP contribution in [0.3, 0.4) is 0 Å². The highest BCUT2D eigenvalue weighted by molar-refractivity contribution is 7.89. The van der Waals surface area contributed by atoms with E-state index >= 15 is 0 Å². The van der Waals surface area contributed by atoms with Crippen molar-refractivity contribution in [1.82, 2.24) is 24.3 Å². The van der Waals surface area contributed by atoms with Crippen molar-refractivity contribution in [2.75, 3.05) is 31.2 Å². The second kappa shape index (κ2) is 8.04. The fourth-order valence-corrected chi connectivity index (χ4v) is 7.09. The van der Waals surface area contributed by atoms with E-state index in [4.69, 9.17) is 16.3 Å². The number of fused-ring (bicyclic) bond motifs is 1. The normalized spacial score (nSPS) is 21.1. The molecular weight excluding hydrogens is 522 g/mol. The van der Waals surface area contributed by atoms with E-state index in [1.807, 2.05) is 6.92 Å². The minimum absolute atomic E-state index is 0.0503. The van der Waals surface area contributed by atoms with Crippen molar-refractivity contribution >= 4 is 44.2 Å². The minimum Gasteiger partial charge on any atom is -0.380 e. The van der Waals surface area contributed by atoms with Gasteiger partial charge in [-0.1, -0.05) is 22.9 Å².